The number of para-hydroxylation sites is 1. The van der Waals surface area contributed by atoms with Gasteiger partial charge in [0.15, 0.2) is 5.96 Å². The molecule has 96 valence electrons. The molecule has 0 aliphatic heterocycles. The van der Waals surface area contributed by atoms with Gasteiger partial charge in [-0.05, 0) is 12.1 Å². The van der Waals surface area contributed by atoms with Crippen LogP contribution in [0.1, 0.15) is 5.01 Å². The third kappa shape index (κ3) is 3.41. The van der Waals surface area contributed by atoms with Crippen molar-refractivity contribution in [3.8, 4) is 0 Å². The molecule has 0 bridgehead atoms. The normalized spacial score (nSPS) is 11.9. The van der Waals surface area contributed by atoms with Crippen LogP contribution in [0.4, 0.5) is 0 Å². The first-order valence-electron chi connectivity index (χ1n) is 5.67. The van der Waals surface area contributed by atoms with Crippen LogP contribution in [0.25, 0.3) is 10.2 Å². The lowest BCUT2D eigenvalue weighted by molar-refractivity contribution is 0.204. The maximum absolute atomic E-state index is 5.72. The van der Waals surface area contributed by atoms with Crippen molar-refractivity contribution in [3.05, 3.63) is 29.3 Å². The van der Waals surface area contributed by atoms with Crippen molar-refractivity contribution in [1.82, 2.24) is 10.3 Å². The van der Waals surface area contributed by atoms with Crippen molar-refractivity contribution in [3.63, 3.8) is 0 Å². The number of rotatable bonds is 5. The van der Waals surface area contributed by atoms with E-state index in [-0.39, 0.29) is 0 Å². The minimum Gasteiger partial charge on any atom is -0.383 e. The minimum atomic E-state index is 0.423. The lowest BCUT2D eigenvalue weighted by atomic mass is 10.3. The van der Waals surface area contributed by atoms with E-state index in [2.05, 4.69) is 21.4 Å². The van der Waals surface area contributed by atoms with Crippen LogP contribution in [0.2, 0.25) is 0 Å². The van der Waals surface area contributed by atoms with Crippen LogP contribution in [-0.4, -0.2) is 31.2 Å². The predicted molar refractivity (Wildman–Crippen MR) is 74.8 cm³/mol. The molecule has 0 aliphatic carbocycles. The molecule has 2 rings (SSSR count). The van der Waals surface area contributed by atoms with Crippen LogP contribution in [0.5, 0.6) is 0 Å². The van der Waals surface area contributed by atoms with Crippen molar-refractivity contribution >= 4 is 27.5 Å². The van der Waals surface area contributed by atoms with Gasteiger partial charge in [0.1, 0.15) is 5.01 Å². The van der Waals surface area contributed by atoms with Gasteiger partial charge in [-0.1, -0.05) is 12.1 Å². The number of hydrogen-bond acceptors (Lipinski definition) is 4. The highest BCUT2D eigenvalue weighted by Crippen LogP contribution is 2.21. The first-order valence-corrected chi connectivity index (χ1v) is 6.48. The van der Waals surface area contributed by atoms with Crippen LogP contribution in [-0.2, 0) is 11.3 Å². The van der Waals surface area contributed by atoms with Crippen molar-refractivity contribution in [2.45, 2.75) is 6.54 Å². The summed E-state index contributed by atoms with van der Waals surface area (Å²) in [6.07, 6.45) is 0. The third-order valence-electron chi connectivity index (χ3n) is 2.34. The molecule has 1 aromatic carbocycles. The number of thiazole rings is 1. The van der Waals surface area contributed by atoms with Gasteiger partial charge in [-0.3, -0.25) is 0 Å². The molecule has 0 saturated heterocycles. The standard InChI is InChI=1S/C12H16N4OS/c1-17-7-6-14-12(13)15-8-11-16-9-4-2-3-5-10(9)18-11/h2-5H,6-8H2,1H3,(H3,13,14,15). The number of aliphatic imine (C=N–C) groups is 1. The van der Waals surface area contributed by atoms with Crippen LogP contribution < -0.4 is 11.1 Å². The zero-order chi connectivity index (χ0) is 12.8. The highest BCUT2D eigenvalue weighted by Gasteiger charge is 2.02. The Morgan fingerprint density at radius 1 is 1.50 bits per heavy atom. The zero-order valence-corrected chi connectivity index (χ0v) is 11.0. The SMILES string of the molecule is COCCNC(N)=NCc1nc2ccccc2s1. The number of nitrogens with one attached hydrogen (secondary N) is 1. The number of nitrogens with two attached hydrogens (primary N) is 1. The van der Waals surface area contributed by atoms with Crippen molar-refractivity contribution in [1.29, 1.82) is 0 Å². The van der Waals surface area contributed by atoms with Crippen molar-refractivity contribution < 1.29 is 4.74 Å². The summed E-state index contributed by atoms with van der Waals surface area (Å²) in [6, 6.07) is 8.05. The molecule has 5 nitrogen and oxygen atoms in total. The van der Waals surface area contributed by atoms with Gasteiger partial charge in [-0.25, -0.2) is 9.98 Å². The number of ether oxygens (including phenoxy) is 1. The molecule has 0 radical (unpaired) electrons. The minimum absolute atomic E-state index is 0.423. The number of nitrogens with zero attached hydrogens (tertiary/aromatic N) is 2. The van der Waals surface area contributed by atoms with Gasteiger partial charge < -0.3 is 15.8 Å². The Labute approximate surface area is 110 Å². The topological polar surface area (TPSA) is 72.5 Å². The molecule has 1 heterocycles. The fraction of sp³-hybridized carbons (Fsp3) is 0.333. The molecule has 0 unspecified atom stereocenters. The maximum atomic E-state index is 5.72. The third-order valence-corrected chi connectivity index (χ3v) is 3.36. The van der Waals surface area contributed by atoms with E-state index in [1.807, 2.05) is 18.2 Å². The molecule has 0 saturated carbocycles. The van der Waals surface area contributed by atoms with E-state index in [9.17, 15) is 0 Å². The van der Waals surface area contributed by atoms with E-state index in [1.54, 1.807) is 18.4 Å². The number of fused-ring (bicyclic) bond motifs is 1. The highest BCUT2D eigenvalue weighted by molar-refractivity contribution is 7.18. The Hall–Kier alpha value is -1.66. The molecule has 0 spiro atoms. The number of hydrogen-bond donors (Lipinski definition) is 2. The van der Waals surface area contributed by atoms with Crippen LogP contribution in [0.3, 0.4) is 0 Å². The lowest BCUT2D eigenvalue weighted by Crippen LogP contribution is -2.34. The molecule has 0 aliphatic rings. The molecule has 6 heteroatoms. The van der Waals surface area contributed by atoms with E-state index in [4.69, 9.17) is 10.5 Å². The highest BCUT2D eigenvalue weighted by atomic mass is 32.1. The molecule has 0 amide bonds. The number of benzene rings is 1. The predicted octanol–water partition coefficient (Wildman–Crippen LogP) is 1.35. The Kier molecular flexibility index (Phi) is 4.49. The van der Waals surface area contributed by atoms with Gasteiger partial charge in [0.25, 0.3) is 0 Å². The van der Waals surface area contributed by atoms with Gasteiger partial charge >= 0.3 is 0 Å². The van der Waals surface area contributed by atoms with E-state index in [1.165, 1.54) is 4.70 Å². The number of guanidine groups is 1. The van der Waals surface area contributed by atoms with Crippen LogP contribution >= 0.6 is 11.3 Å². The number of aromatic nitrogens is 1. The molecule has 0 fully saturated rings. The second kappa shape index (κ2) is 6.32. The average molecular weight is 264 g/mol. The lowest BCUT2D eigenvalue weighted by Gasteiger charge is -2.03. The van der Waals surface area contributed by atoms with Gasteiger partial charge in [0.05, 0.1) is 23.4 Å². The van der Waals surface area contributed by atoms with Gasteiger partial charge in [0.2, 0.25) is 0 Å². The Bertz CT molecular complexity index is 505. The van der Waals surface area contributed by atoms with Gasteiger partial charge in [0, 0.05) is 13.7 Å². The summed E-state index contributed by atoms with van der Waals surface area (Å²) in [5.41, 5.74) is 6.73. The van der Waals surface area contributed by atoms with E-state index in [0.717, 1.165) is 10.5 Å². The van der Waals surface area contributed by atoms with E-state index < -0.39 is 0 Å². The first kappa shape index (κ1) is 12.8. The molecule has 1 aromatic heterocycles. The summed E-state index contributed by atoms with van der Waals surface area (Å²) in [4.78, 5) is 8.72. The summed E-state index contributed by atoms with van der Waals surface area (Å²) in [7, 11) is 1.65. The second-order valence-corrected chi connectivity index (χ2v) is 4.81. The van der Waals surface area contributed by atoms with Crippen LogP contribution in [0.15, 0.2) is 29.3 Å². The molecule has 3 N–H and O–H groups in total. The molecule has 0 atom stereocenters. The zero-order valence-electron chi connectivity index (χ0n) is 10.2. The Morgan fingerprint density at radius 3 is 3.11 bits per heavy atom. The first-order chi connectivity index (χ1) is 8.79. The summed E-state index contributed by atoms with van der Waals surface area (Å²) in [5, 5.41) is 3.93. The largest absolute Gasteiger partial charge is 0.383 e. The monoisotopic (exact) mass is 264 g/mol. The van der Waals surface area contributed by atoms with E-state index >= 15 is 0 Å². The smallest absolute Gasteiger partial charge is 0.189 e. The Balaban J connectivity index is 1.94. The van der Waals surface area contributed by atoms with Gasteiger partial charge in [-0.2, -0.15) is 0 Å². The molecular formula is C12H16N4OS. The van der Waals surface area contributed by atoms with E-state index in [0.29, 0.717) is 25.7 Å². The summed E-state index contributed by atoms with van der Waals surface area (Å²) in [5.74, 6) is 0.423. The summed E-state index contributed by atoms with van der Waals surface area (Å²) >= 11 is 1.64. The van der Waals surface area contributed by atoms with Crippen LogP contribution in [0, 0.1) is 0 Å². The fourth-order valence-corrected chi connectivity index (χ4v) is 2.37. The second-order valence-electron chi connectivity index (χ2n) is 3.70. The Morgan fingerprint density at radius 2 is 2.33 bits per heavy atom. The summed E-state index contributed by atoms with van der Waals surface area (Å²) in [6.45, 7) is 1.77. The van der Waals surface area contributed by atoms with Crippen molar-refractivity contribution in [2.75, 3.05) is 20.3 Å². The molecule has 2 aromatic rings. The molecular weight excluding hydrogens is 248 g/mol. The molecule has 18 heavy (non-hydrogen) atoms. The number of methoxy groups -OCH3 is 1. The van der Waals surface area contributed by atoms with Gasteiger partial charge in [-0.15, -0.1) is 11.3 Å². The maximum Gasteiger partial charge on any atom is 0.189 e. The fourth-order valence-electron chi connectivity index (χ4n) is 1.48. The summed E-state index contributed by atoms with van der Waals surface area (Å²) < 4.78 is 6.09. The average Bonchev–Trinajstić information content (AvgIpc) is 2.79. The van der Waals surface area contributed by atoms with Crippen molar-refractivity contribution in [2.24, 2.45) is 10.7 Å². The quantitative estimate of drug-likeness (QED) is 0.486.